The predicted octanol–water partition coefficient (Wildman–Crippen LogP) is 0.540. The molecule has 2 rings (SSSR count). The number of nitrogens with zero attached hydrogens (tertiary/aromatic N) is 1. The van der Waals surface area contributed by atoms with Gasteiger partial charge in [-0.05, 0) is 26.7 Å². The number of rotatable bonds is 3. The number of carbonyl (C=O) groups excluding carboxylic acids is 2. The molecule has 5 heteroatoms. The standard InChI is InChI=1S/C13H22N2O3/c1-13(2,14-11(16)10-4-3-5-10)12(17)15-6-8-18-9-7-15/h10H,3-9H2,1-2H3,(H,14,16). The quantitative estimate of drug-likeness (QED) is 0.799. The Morgan fingerprint density at radius 3 is 2.33 bits per heavy atom. The second-order valence-electron chi connectivity index (χ2n) is 5.65. The van der Waals surface area contributed by atoms with E-state index < -0.39 is 5.54 Å². The minimum atomic E-state index is -0.815. The summed E-state index contributed by atoms with van der Waals surface area (Å²) in [6, 6.07) is 0. The molecule has 18 heavy (non-hydrogen) atoms. The Morgan fingerprint density at radius 2 is 1.83 bits per heavy atom. The SMILES string of the molecule is CC(C)(NC(=O)C1CCC1)C(=O)N1CCOCC1. The van der Waals surface area contributed by atoms with Crippen LogP contribution in [0.25, 0.3) is 0 Å². The van der Waals surface area contributed by atoms with E-state index in [0.717, 1.165) is 19.3 Å². The van der Waals surface area contributed by atoms with Crippen molar-refractivity contribution < 1.29 is 14.3 Å². The van der Waals surface area contributed by atoms with Gasteiger partial charge in [0.05, 0.1) is 13.2 Å². The van der Waals surface area contributed by atoms with Crippen LogP contribution in [0.4, 0.5) is 0 Å². The highest BCUT2D eigenvalue weighted by Crippen LogP contribution is 2.27. The number of nitrogens with one attached hydrogen (secondary N) is 1. The summed E-state index contributed by atoms with van der Waals surface area (Å²) >= 11 is 0. The predicted molar refractivity (Wildman–Crippen MR) is 67.0 cm³/mol. The van der Waals surface area contributed by atoms with Crippen LogP contribution in [0.2, 0.25) is 0 Å². The van der Waals surface area contributed by atoms with Crippen molar-refractivity contribution in [1.29, 1.82) is 0 Å². The van der Waals surface area contributed by atoms with Gasteiger partial charge in [0.25, 0.3) is 0 Å². The monoisotopic (exact) mass is 254 g/mol. The third-order valence-corrected chi connectivity index (χ3v) is 3.74. The molecule has 1 saturated heterocycles. The molecule has 2 fully saturated rings. The van der Waals surface area contributed by atoms with E-state index >= 15 is 0 Å². The number of hydrogen-bond acceptors (Lipinski definition) is 3. The molecule has 5 nitrogen and oxygen atoms in total. The topological polar surface area (TPSA) is 58.6 Å². The Kier molecular flexibility index (Phi) is 3.90. The molecule has 0 atom stereocenters. The van der Waals surface area contributed by atoms with Gasteiger partial charge >= 0.3 is 0 Å². The molecule has 0 bridgehead atoms. The maximum Gasteiger partial charge on any atom is 0.247 e. The van der Waals surface area contributed by atoms with Crippen LogP contribution in [-0.2, 0) is 14.3 Å². The zero-order chi connectivity index (χ0) is 13.2. The lowest BCUT2D eigenvalue weighted by Crippen LogP contribution is -2.59. The summed E-state index contributed by atoms with van der Waals surface area (Å²) < 4.78 is 5.23. The van der Waals surface area contributed by atoms with Gasteiger partial charge in [-0.3, -0.25) is 9.59 Å². The third kappa shape index (κ3) is 2.83. The van der Waals surface area contributed by atoms with Crippen molar-refractivity contribution in [2.75, 3.05) is 26.3 Å². The first-order chi connectivity index (χ1) is 8.50. The van der Waals surface area contributed by atoms with E-state index in [4.69, 9.17) is 4.74 Å². The van der Waals surface area contributed by atoms with E-state index in [2.05, 4.69) is 5.32 Å². The van der Waals surface area contributed by atoms with E-state index in [-0.39, 0.29) is 17.7 Å². The lowest BCUT2D eigenvalue weighted by molar-refractivity contribution is -0.145. The molecule has 0 spiro atoms. The highest BCUT2D eigenvalue weighted by molar-refractivity contribution is 5.91. The highest BCUT2D eigenvalue weighted by Gasteiger charge is 2.36. The molecule has 2 aliphatic rings. The molecule has 0 radical (unpaired) electrons. The molecular weight excluding hydrogens is 232 g/mol. The van der Waals surface area contributed by atoms with Gasteiger partial charge in [0.2, 0.25) is 11.8 Å². The number of amides is 2. The van der Waals surface area contributed by atoms with E-state index in [1.165, 1.54) is 0 Å². The first-order valence-corrected chi connectivity index (χ1v) is 6.70. The van der Waals surface area contributed by atoms with Crippen LogP contribution < -0.4 is 5.32 Å². The van der Waals surface area contributed by atoms with Crippen LogP contribution in [0, 0.1) is 5.92 Å². The van der Waals surface area contributed by atoms with Gasteiger partial charge in [0.1, 0.15) is 5.54 Å². The molecule has 1 N–H and O–H groups in total. The van der Waals surface area contributed by atoms with Crippen LogP contribution >= 0.6 is 0 Å². The number of ether oxygens (including phenoxy) is 1. The number of carbonyl (C=O) groups is 2. The lowest BCUT2D eigenvalue weighted by atomic mass is 9.84. The van der Waals surface area contributed by atoms with Gasteiger partial charge in [-0.1, -0.05) is 6.42 Å². The molecule has 2 amide bonds. The minimum Gasteiger partial charge on any atom is -0.378 e. The van der Waals surface area contributed by atoms with Crippen molar-refractivity contribution in [3.8, 4) is 0 Å². The smallest absolute Gasteiger partial charge is 0.247 e. The highest BCUT2D eigenvalue weighted by atomic mass is 16.5. The molecule has 0 unspecified atom stereocenters. The van der Waals surface area contributed by atoms with Gasteiger partial charge in [-0.2, -0.15) is 0 Å². The Hall–Kier alpha value is -1.10. The zero-order valence-electron chi connectivity index (χ0n) is 11.2. The van der Waals surface area contributed by atoms with E-state index in [0.29, 0.717) is 26.3 Å². The van der Waals surface area contributed by atoms with Crippen molar-refractivity contribution in [3.63, 3.8) is 0 Å². The van der Waals surface area contributed by atoms with Crippen LogP contribution in [0.3, 0.4) is 0 Å². The van der Waals surface area contributed by atoms with E-state index in [9.17, 15) is 9.59 Å². The fourth-order valence-corrected chi connectivity index (χ4v) is 2.30. The van der Waals surface area contributed by atoms with Gasteiger partial charge in [-0.25, -0.2) is 0 Å². The Morgan fingerprint density at radius 1 is 1.22 bits per heavy atom. The summed E-state index contributed by atoms with van der Waals surface area (Å²) in [5, 5.41) is 2.88. The van der Waals surface area contributed by atoms with Crippen LogP contribution in [0.15, 0.2) is 0 Å². The van der Waals surface area contributed by atoms with Gasteiger partial charge in [0.15, 0.2) is 0 Å². The molecule has 0 aromatic heterocycles. The molecule has 102 valence electrons. The van der Waals surface area contributed by atoms with Crippen molar-refractivity contribution in [2.45, 2.75) is 38.6 Å². The lowest BCUT2D eigenvalue weighted by Gasteiger charge is -2.36. The van der Waals surface area contributed by atoms with Gasteiger partial charge < -0.3 is 15.0 Å². The Bertz CT molecular complexity index is 331. The summed E-state index contributed by atoms with van der Waals surface area (Å²) in [5.74, 6) is 0.119. The normalized spacial score (nSPS) is 21.3. The largest absolute Gasteiger partial charge is 0.378 e. The molecule has 0 aromatic carbocycles. The molecule has 0 aromatic rings. The molecular formula is C13H22N2O3. The summed E-state index contributed by atoms with van der Waals surface area (Å²) in [6.07, 6.45) is 3.03. The van der Waals surface area contributed by atoms with Gasteiger partial charge in [0, 0.05) is 19.0 Å². The average molecular weight is 254 g/mol. The minimum absolute atomic E-state index is 0.0153. The molecule has 1 saturated carbocycles. The number of hydrogen-bond donors (Lipinski definition) is 1. The summed E-state index contributed by atoms with van der Waals surface area (Å²) in [7, 11) is 0. The first-order valence-electron chi connectivity index (χ1n) is 6.70. The zero-order valence-corrected chi connectivity index (χ0v) is 11.2. The summed E-state index contributed by atoms with van der Waals surface area (Å²) in [6.45, 7) is 5.95. The second-order valence-corrected chi connectivity index (χ2v) is 5.65. The third-order valence-electron chi connectivity index (χ3n) is 3.74. The van der Waals surface area contributed by atoms with E-state index in [1.807, 2.05) is 0 Å². The van der Waals surface area contributed by atoms with Crippen molar-refractivity contribution in [2.24, 2.45) is 5.92 Å². The van der Waals surface area contributed by atoms with Crippen LogP contribution in [0.1, 0.15) is 33.1 Å². The molecule has 1 aliphatic carbocycles. The summed E-state index contributed by atoms with van der Waals surface area (Å²) in [4.78, 5) is 26.0. The van der Waals surface area contributed by atoms with Crippen molar-refractivity contribution in [3.05, 3.63) is 0 Å². The van der Waals surface area contributed by atoms with Crippen LogP contribution in [-0.4, -0.2) is 48.6 Å². The Labute approximate surface area is 108 Å². The number of morpholine rings is 1. The maximum absolute atomic E-state index is 12.3. The van der Waals surface area contributed by atoms with Crippen molar-refractivity contribution in [1.82, 2.24) is 10.2 Å². The van der Waals surface area contributed by atoms with Crippen LogP contribution in [0.5, 0.6) is 0 Å². The fraction of sp³-hybridized carbons (Fsp3) is 0.846. The fourth-order valence-electron chi connectivity index (χ4n) is 2.30. The molecule has 1 aliphatic heterocycles. The maximum atomic E-state index is 12.3. The van der Waals surface area contributed by atoms with E-state index in [1.54, 1.807) is 18.7 Å². The van der Waals surface area contributed by atoms with Gasteiger partial charge in [-0.15, -0.1) is 0 Å². The Balaban J connectivity index is 1.91. The first kappa shape index (κ1) is 13.3. The average Bonchev–Trinajstić information content (AvgIpc) is 2.26. The van der Waals surface area contributed by atoms with Crippen molar-refractivity contribution >= 4 is 11.8 Å². The summed E-state index contributed by atoms with van der Waals surface area (Å²) in [5.41, 5.74) is -0.815. The second kappa shape index (κ2) is 5.26. The molecule has 1 heterocycles.